The number of benzene rings is 2. The fourth-order valence-electron chi connectivity index (χ4n) is 3.04. The zero-order valence-electron chi connectivity index (χ0n) is 12.7. The molecule has 0 bridgehead atoms. The van der Waals surface area contributed by atoms with Crippen LogP contribution in [0, 0.1) is 0 Å². The molecule has 1 amide bonds. The average molecular weight is 341 g/mol. The molecule has 0 aliphatic carbocycles. The van der Waals surface area contributed by atoms with E-state index in [4.69, 9.17) is 0 Å². The summed E-state index contributed by atoms with van der Waals surface area (Å²) in [6, 6.07) is 14.6. The number of hydrogen-bond acceptors (Lipinski definition) is 3. The highest BCUT2D eigenvalue weighted by Gasteiger charge is 2.31. The van der Waals surface area contributed by atoms with Gasteiger partial charge < -0.3 is 4.98 Å². The number of amides is 1. The summed E-state index contributed by atoms with van der Waals surface area (Å²) in [6.45, 7) is 0.329. The molecule has 7 heteroatoms. The lowest BCUT2D eigenvalue weighted by Crippen LogP contribution is -2.42. The van der Waals surface area contributed by atoms with Crippen LogP contribution in [0.2, 0.25) is 0 Å². The predicted molar refractivity (Wildman–Crippen MR) is 92.2 cm³/mol. The van der Waals surface area contributed by atoms with Gasteiger partial charge in [0.05, 0.1) is 11.3 Å². The Morgan fingerprint density at radius 3 is 2.71 bits per heavy atom. The Balaban J connectivity index is 1.64. The van der Waals surface area contributed by atoms with Gasteiger partial charge in [0.15, 0.2) is 0 Å². The van der Waals surface area contributed by atoms with Crippen LogP contribution in [0.4, 0.5) is 5.69 Å². The van der Waals surface area contributed by atoms with Gasteiger partial charge in [0, 0.05) is 23.6 Å². The molecule has 122 valence electrons. The molecule has 0 fully saturated rings. The second-order valence-electron chi connectivity index (χ2n) is 5.64. The molecule has 4 rings (SSSR count). The van der Waals surface area contributed by atoms with Gasteiger partial charge in [-0.25, -0.2) is 4.72 Å². The fraction of sp³-hybridized carbons (Fsp3) is 0.118. The van der Waals surface area contributed by atoms with Crippen molar-refractivity contribution in [3.63, 3.8) is 0 Å². The summed E-state index contributed by atoms with van der Waals surface area (Å²) in [5.41, 5.74) is 2.67. The van der Waals surface area contributed by atoms with Crippen molar-refractivity contribution in [2.45, 2.75) is 6.42 Å². The number of para-hydroxylation sites is 2. The maximum atomic E-state index is 12.6. The van der Waals surface area contributed by atoms with Crippen molar-refractivity contribution >= 4 is 32.7 Å². The number of carbonyl (C=O) groups is 1. The first-order chi connectivity index (χ1) is 11.6. The Labute approximate surface area is 139 Å². The first-order valence-corrected chi connectivity index (χ1v) is 8.99. The molecule has 2 heterocycles. The van der Waals surface area contributed by atoms with Crippen LogP contribution < -0.4 is 9.03 Å². The van der Waals surface area contributed by atoms with E-state index in [0.717, 1.165) is 11.1 Å². The normalized spacial score (nSPS) is 13.9. The molecule has 6 nitrogen and oxygen atoms in total. The Bertz CT molecular complexity index is 1040. The summed E-state index contributed by atoms with van der Waals surface area (Å²) in [6.07, 6.45) is 2.16. The van der Waals surface area contributed by atoms with Crippen LogP contribution >= 0.6 is 0 Å². The summed E-state index contributed by atoms with van der Waals surface area (Å²) < 4.78 is 28.7. The third-order valence-electron chi connectivity index (χ3n) is 4.19. The van der Waals surface area contributed by atoms with E-state index >= 15 is 0 Å². The number of carbonyl (C=O) groups excluding carboxylic acids is 1. The molecule has 1 aliphatic rings. The van der Waals surface area contributed by atoms with Crippen molar-refractivity contribution in [1.29, 1.82) is 0 Å². The Hall–Kier alpha value is -2.80. The average Bonchev–Trinajstić information content (AvgIpc) is 3.19. The highest BCUT2D eigenvalue weighted by molar-refractivity contribution is 7.91. The number of aromatic nitrogens is 1. The largest absolute Gasteiger partial charge is 0.360 e. The van der Waals surface area contributed by atoms with E-state index in [2.05, 4.69) is 9.71 Å². The molecule has 24 heavy (non-hydrogen) atoms. The zero-order valence-corrected chi connectivity index (χ0v) is 13.5. The monoisotopic (exact) mass is 341 g/mol. The van der Waals surface area contributed by atoms with Gasteiger partial charge in [0.2, 0.25) is 0 Å². The Morgan fingerprint density at radius 1 is 1.08 bits per heavy atom. The van der Waals surface area contributed by atoms with Gasteiger partial charge in [-0.15, -0.1) is 0 Å². The number of rotatable bonds is 3. The number of anilines is 1. The SMILES string of the molecule is O=C(NS(=O)(=O)N1CCc2ccccc21)c1c[nH]c2ccccc12. The number of fused-ring (bicyclic) bond motifs is 2. The molecule has 2 aromatic carbocycles. The van der Waals surface area contributed by atoms with E-state index in [9.17, 15) is 13.2 Å². The van der Waals surface area contributed by atoms with Gasteiger partial charge in [0.25, 0.3) is 5.91 Å². The zero-order chi connectivity index (χ0) is 16.7. The van der Waals surface area contributed by atoms with Crippen molar-refractivity contribution in [2.75, 3.05) is 10.8 Å². The van der Waals surface area contributed by atoms with E-state index in [1.807, 2.05) is 24.3 Å². The number of hydrogen-bond donors (Lipinski definition) is 2. The van der Waals surface area contributed by atoms with E-state index in [1.165, 1.54) is 10.5 Å². The van der Waals surface area contributed by atoms with E-state index in [0.29, 0.717) is 29.6 Å². The summed E-state index contributed by atoms with van der Waals surface area (Å²) in [5, 5.41) is 0.687. The molecule has 0 atom stereocenters. The molecule has 1 aliphatic heterocycles. The number of aromatic amines is 1. The fourth-order valence-corrected chi connectivity index (χ4v) is 4.27. The van der Waals surface area contributed by atoms with Crippen LogP contribution in [0.1, 0.15) is 15.9 Å². The first kappa shape index (κ1) is 14.8. The maximum absolute atomic E-state index is 12.6. The van der Waals surface area contributed by atoms with E-state index in [1.54, 1.807) is 24.3 Å². The van der Waals surface area contributed by atoms with Gasteiger partial charge >= 0.3 is 10.2 Å². The number of nitrogens with one attached hydrogen (secondary N) is 2. The van der Waals surface area contributed by atoms with Crippen molar-refractivity contribution in [1.82, 2.24) is 9.71 Å². The van der Waals surface area contributed by atoms with E-state index in [-0.39, 0.29) is 0 Å². The number of nitrogens with zero attached hydrogens (tertiary/aromatic N) is 1. The minimum atomic E-state index is -3.95. The molecule has 0 unspecified atom stereocenters. The standard InChI is InChI=1S/C17H15N3O3S/c21-17(14-11-18-15-7-3-2-6-13(14)15)19-24(22,23)20-10-9-12-5-1-4-8-16(12)20/h1-8,11,18H,9-10H2,(H,19,21). The Kier molecular flexibility index (Phi) is 3.31. The quantitative estimate of drug-likeness (QED) is 0.766. The van der Waals surface area contributed by atoms with Crippen LogP contribution in [0.3, 0.4) is 0 Å². The highest BCUT2D eigenvalue weighted by Crippen LogP contribution is 2.29. The van der Waals surface area contributed by atoms with Crippen molar-refractivity contribution in [3.8, 4) is 0 Å². The van der Waals surface area contributed by atoms with Crippen molar-refractivity contribution in [3.05, 3.63) is 65.9 Å². The molecular weight excluding hydrogens is 326 g/mol. The smallest absolute Gasteiger partial charge is 0.326 e. The molecular formula is C17H15N3O3S. The Morgan fingerprint density at radius 2 is 1.83 bits per heavy atom. The van der Waals surface area contributed by atoms with Crippen molar-refractivity contribution in [2.24, 2.45) is 0 Å². The van der Waals surface area contributed by atoms with Crippen molar-refractivity contribution < 1.29 is 13.2 Å². The molecule has 0 saturated carbocycles. The van der Waals surface area contributed by atoms with Gasteiger partial charge in [0.1, 0.15) is 0 Å². The summed E-state index contributed by atoms with van der Waals surface area (Å²) in [5.74, 6) is -0.642. The second-order valence-corrected chi connectivity index (χ2v) is 7.23. The lowest BCUT2D eigenvalue weighted by Gasteiger charge is -2.19. The van der Waals surface area contributed by atoms with Crippen LogP contribution in [0.15, 0.2) is 54.7 Å². The van der Waals surface area contributed by atoms with Crippen LogP contribution in [-0.2, 0) is 16.6 Å². The van der Waals surface area contributed by atoms with Gasteiger partial charge in [-0.2, -0.15) is 8.42 Å². The molecule has 3 aromatic rings. The second kappa shape index (κ2) is 5.38. The topological polar surface area (TPSA) is 82.3 Å². The van der Waals surface area contributed by atoms with Crippen LogP contribution in [-0.4, -0.2) is 25.9 Å². The first-order valence-electron chi connectivity index (χ1n) is 7.55. The third-order valence-corrected chi connectivity index (χ3v) is 5.59. The summed E-state index contributed by atoms with van der Waals surface area (Å²) in [4.78, 5) is 15.4. The lowest BCUT2D eigenvalue weighted by atomic mass is 10.2. The molecule has 0 spiro atoms. The van der Waals surface area contributed by atoms with Gasteiger partial charge in [-0.1, -0.05) is 36.4 Å². The molecule has 2 N–H and O–H groups in total. The lowest BCUT2D eigenvalue weighted by molar-refractivity contribution is 0.0983. The molecule has 0 radical (unpaired) electrons. The number of H-pyrrole nitrogens is 1. The minimum Gasteiger partial charge on any atom is -0.360 e. The molecule has 1 aromatic heterocycles. The summed E-state index contributed by atoms with van der Waals surface area (Å²) in [7, 11) is -3.95. The van der Waals surface area contributed by atoms with E-state index < -0.39 is 16.1 Å². The van der Waals surface area contributed by atoms with Gasteiger partial charge in [-0.3, -0.25) is 9.10 Å². The maximum Gasteiger partial charge on any atom is 0.326 e. The highest BCUT2D eigenvalue weighted by atomic mass is 32.2. The molecule has 0 saturated heterocycles. The summed E-state index contributed by atoms with van der Waals surface area (Å²) >= 11 is 0. The van der Waals surface area contributed by atoms with Crippen LogP contribution in [0.25, 0.3) is 10.9 Å². The minimum absolute atomic E-state index is 0.307. The third kappa shape index (κ3) is 2.33. The van der Waals surface area contributed by atoms with Crippen LogP contribution in [0.5, 0.6) is 0 Å². The van der Waals surface area contributed by atoms with Gasteiger partial charge in [-0.05, 0) is 24.1 Å². The predicted octanol–water partition coefficient (Wildman–Crippen LogP) is 2.21.